The molecule has 1 atom stereocenters. The maximum atomic E-state index is 13.4. The number of hydrazone groups is 1. The third-order valence-corrected chi connectivity index (χ3v) is 5.89. The van der Waals surface area contributed by atoms with Crippen molar-refractivity contribution in [2.24, 2.45) is 5.10 Å². The number of likely N-dealkylation sites (N-methyl/N-ethyl adjacent to an activating group) is 1. The lowest BCUT2D eigenvalue weighted by molar-refractivity contribution is -0.134. The summed E-state index contributed by atoms with van der Waals surface area (Å²) in [5.41, 5.74) is 3.75. The van der Waals surface area contributed by atoms with Crippen LogP contribution in [0.15, 0.2) is 84.0 Å². The van der Waals surface area contributed by atoms with Gasteiger partial charge < -0.3 is 4.74 Å². The van der Waals surface area contributed by atoms with Crippen LogP contribution in [0.3, 0.4) is 0 Å². The van der Waals surface area contributed by atoms with E-state index in [2.05, 4.69) is 12.1 Å². The van der Waals surface area contributed by atoms with E-state index in [9.17, 15) is 4.79 Å². The summed E-state index contributed by atoms with van der Waals surface area (Å²) in [4.78, 5) is 15.4. The van der Waals surface area contributed by atoms with Crippen LogP contribution in [0.5, 0.6) is 5.75 Å². The number of carbonyl (C=O) groups excluding carboxylic acids is 1. The Morgan fingerprint density at radius 2 is 1.75 bits per heavy atom. The zero-order valence-corrected chi connectivity index (χ0v) is 19.0. The molecule has 0 unspecified atom stereocenters. The average molecular weight is 448 g/mol. The molecule has 0 saturated carbocycles. The summed E-state index contributed by atoms with van der Waals surface area (Å²) < 4.78 is 5.53. The van der Waals surface area contributed by atoms with Gasteiger partial charge in [-0.1, -0.05) is 72.3 Å². The quantitative estimate of drug-likeness (QED) is 0.502. The molecule has 0 radical (unpaired) electrons. The number of carbonyl (C=O) groups is 1. The first kappa shape index (κ1) is 22.1. The van der Waals surface area contributed by atoms with Gasteiger partial charge in [0.1, 0.15) is 5.75 Å². The highest BCUT2D eigenvalue weighted by Gasteiger charge is 2.35. The molecule has 3 aromatic rings. The molecule has 1 heterocycles. The van der Waals surface area contributed by atoms with Crippen molar-refractivity contribution in [1.82, 2.24) is 9.91 Å². The van der Waals surface area contributed by atoms with Gasteiger partial charge in [-0.05, 0) is 36.4 Å². The minimum Gasteiger partial charge on any atom is -0.496 e. The SMILES string of the molecule is COc1ccccc1C1=NN(C(=O)CN(C)Cc2ccccc2)[C@H](c2ccccc2Cl)C1. The van der Waals surface area contributed by atoms with E-state index in [0.717, 1.165) is 28.2 Å². The molecule has 32 heavy (non-hydrogen) atoms. The smallest absolute Gasteiger partial charge is 0.257 e. The second kappa shape index (κ2) is 9.98. The molecule has 164 valence electrons. The fraction of sp³-hybridized carbons (Fsp3) is 0.231. The number of nitrogens with zero attached hydrogens (tertiary/aromatic N) is 3. The number of hydrogen-bond donors (Lipinski definition) is 0. The van der Waals surface area contributed by atoms with E-state index in [1.54, 1.807) is 12.1 Å². The van der Waals surface area contributed by atoms with Crippen LogP contribution in [0.1, 0.15) is 29.2 Å². The van der Waals surface area contributed by atoms with E-state index in [-0.39, 0.29) is 18.5 Å². The number of methoxy groups -OCH3 is 1. The van der Waals surface area contributed by atoms with Crippen molar-refractivity contribution < 1.29 is 9.53 Å². The molecule has 0 bridgehead atoms. The zero-order chi connectivity index (χ0) is 22.5. The van der Waals surface area contributed by atoms with Crippen LogP contribution < -0.4 is 4.74 Å². The summed E-state index contributed by atoms with van der Waals surface area (Å²) >= 11 is 6.52. The average Bonchev–Trinajstić information content (AvgIpc) is 3.25. The minimum absolute atomic E-state index is 0.0711. The van der Waals surface area contributed by atoms with Gasteiger partial charge in [-0.3, -0.25) is 9.69 Å². The Labute approximate surface area is 193 Å². The molecular weight excluding hydrogens is 422 g/mol. The Kier molecular flexibility index (Phi) is 6.88. The maximum Gasteiger partial charge on any atom is 0.257 e. The molecule has 0 fully saturated rings. The summed E-state index contributed by atoms with van der Waals surface area (Å²) in [7, 11) is 3.58. The summed E-state index contributed by atoms with van der Waals surface area (Å²) in [6, 6.07) is 25.2. The van der Waals surface area contributed by atoms with Crippen LogP contribution in [0.2, 0.25) is 5.02 Å². The Balaban J connectivity index is 1.61. The summed E-state index contributed by atoms with van der Waals surface area (Å²) in [5.74, 6) is 0.665. The van der Waals surface area contributed by atoms with Gasteiger partial charge in [-0.2, -0.15) is 5.10 Å². The Bertz CT molecular complexity index is 1120. The molecule has 0 spiro atoms. The van der Waals surface area contributed by atoms with Crippen molar-refractivity contribution in [2.45, 2.75) is 19.0 Å². The zero-order valence-electron chi connectivity index (χ0n) is 18.2. The van der Waals surface area contributed by atoms with Gasteiger partial charge in [0.15, 0.2) is 0 Å². The number of para-hydroxylation sites is 1. The second-order valence-corrected chi connectivity index (χ2v) is 8.29. The first-order chi connectivity index (χ1) is 15.6. The molecule has 0 saturated heterocycles. The van der Waals surface area contributed by atoms with Crippen LogP contribution in [-0.2, 0) is 11.3 Å². The normalized spacial score (nSPS) is 15.7. The highest BCUT2D eigenvalue weighted by Crippen LogP contribution is 2.37. The van der Waals surface area contributed by atoms with Gasteiger partial charge in [-0.15, -0.1) is 0 Å². The van der Waals surface area contributed by atoms with Crippen molar-refractivity contribution in [3.8, 4) is 5.75 Å². The van der Waals surface area contributed by atoms with Gasteiger partial charge in [-0.25, -0.2) is 5.01 Å². The number of benzene rings is 3. The lowest BCUT2D eigenvalue weighted by Gasteiger charge is -2.25. The van der Waals surface area contributed by atoms with E-state index >= 15 is 0 Å². The molecule has 0 aromatic heterocycles. The van der Waals surface area contributed by atoms with Crippen molar-refractivity contribution in [3.63, 3.8) is 0 Å². The molecule has 0 N–H and O–H groups in total. The third-order valence-electron chi connectivity index (χ3n) is 5.55. The van der Waals surface area contributed by atoms with Crippen LogP contribution in [0.25, 0.3) is 0 Å². The Morgan fingerprint density at radius 3 is 2.50 bits per heavy atom. The number of halogens is 1. The molecule has 5 nitrogen and oxygen atoms in total. The Morgan fingerprint density at radius 1 is 1.06 bits per heavy atom. The first-order valence-electron chi connectivity index (χ1n) is 10.6. The molecular formula is C26H26ClN3O2. The molecule has 1 aliphatic heterocycles. The Hall–Kier alpha value is -3.15. The number of amides is 1. The second-order valence-electron chi connectivity index (χ2n) is 7.88. The lowest BCUT2D eigenvalue weighted by Crippen LogP contribution is -2.36. The summed E-state index contributed by atoms with van der Waals surface area (Å²) in [5, 5.41) is 6.98. The van der Waals surface area contributed by atoms with Gasteiger partial charge in [0, 0.05) is 23.6 Å². The first-order valence-corrected chi connectivity index (χ1v) is 10.9. The summed E-state index contributed by atoms with van der Waals surface area (Å²) in [6.45, 7) is 0.929. The van der Waals surface area contributed by atoms with E-state index in [0.29, 0.717) is 18.0 Å². The van der Waals surface area contributed by atoms with Crippen LogP contribution in [-0.4, -0.2) is 42.2 Å². The summed E-state index contributed by atoms with van der Waals surface area (Å²) in [6.07, 6.45) is 0.568. The minimum atomic E-state index is -0.263. The monoisotopic (exact) mass is 447 g/mol. The van der Waals surface area contributed by atoms with Crippen molar-refractivity contribution in [1.29, 1.82) is 0 Å². The topological polar surface area (TPSA) is 45.1 Å². The molecule has 1 amide bonds. The van der Waals surface area contributed by atoms with E-state index < -0.39 is 0 Å². The fourth-order valence-electron chi connectivity index (χ4n) is 4.03. The van der Waals surface area contributed by atoms with Crippen molar-refractivity contribution >= 4 is 23.2 Å². The maximum absolute atomic E-state index is 13.4. The largest absolute Gasteiger partial charge is 0.496 e. The number of ether oxygens (including phenoxy) is 1. The van der Waals surface area contributed by atoms with Crippen LogP contribution >= 0.6 is 11.6 Å². The van der Waals surface area contributed by atoms with Crippen LogP contribution in [0.4, 0.5) is 0 Å². The van der Waals surface area contributed by atoms with Crippen molar-refractivity contribution in [3.05, 3.63) is 101 Å². The molecule has 0 aliphatic carbocycles. The number of rotatable bonds is 7. The van der Waals surface area contributed by atoms with Gasteiger partial charge in [0.05, 0.1) is 25.4 Å². The van der Waals surface area contributed by atoms with Gasteiger partial charge in [0.2, 0.25) is 0 Å². The molecule has 4 rings (SSSR count). The van der Waals surface area contributed by atoms with E-state index in [4.69, 9.17) is 21.4 Å². The number of hydrogen-bond acceptors (Lipinski definition) is 4. The third kappa shape index (κ3) is 4.85. The highest BCUT2D eigenvalue weighted by atomic mass is 35.5. The fourth-order valence-corrected chi connectivity index (χ4v) is 4.29. The molecule has 6 heteroatoms. The van der Waals surface area contributed by atoms with E-state index in [1.165, 1.54) is 0 Å². The highest BCUT2D eigenvalue weighted by molar-refractivity contribution is 6.31. The molecule has 3 aromatic carbocycles. The predicted molar refractivity (Wildman–Crippen MR) is 128 cm³/mol. The standard InChI is InChI=1S/C26H26ClN3O2/c1-29(17-19-10-4-3-5-11-19)18-26(31)30-24(20-12-6-8-14-22(20)27)16-23(28-30)21-13-7-9-15-25(21)32-2/h3-15,24H,16-18H2,1-2H3/t24-/m0/s1. The predicted octanol–water partition coefficient (Wildman–Crippen LogP) is 5.16. The van der Waals surface area contributed by atoms with E-state index in [1.807, 2.05) is 78.7 Å². The lowest BCUT2D eigenvalue weighted by atomic mass is 9.98. The van der Waals surface area contributed by atoms with Crippen molar-refractivity contribution in [2.75, 3.05) is 20.7 Å². The van der Waals surface area contributed by atoms with Crippen LogP contribution in [0, 0.1) is 0 Å². The molecule has 1 aliphatic rings. The van der Waals surface area contributed by atoms with Gasteiger partial charge >= 0.3 is 0 Å². The van der Waals surface area contributed by atoms with Gasteiger partial charge in [0.25, 0.3) is 5.91 Å².